The van der Waals surface area contributed by atoms with Gasteiger partial charge in [-0.15, -0.1) is 6.58 Å². The zero-order valence-corrected chi connectivity index (χ0v) is 18.9. The minimum Gasteiger partial charge on any atom is -0.481 e. The molecule has 1 spiro atoms. The van der Waals surface area contributed by atoms with Crippen molar-refractivity contribution in [2.45, 2.75) is 82.6 Å². The van der Waals surface area contributed by atoms with Gasteiger partial charge in [-0.1, -0.05) is 18.9 Å². The van der Waals surface area contributed by atoms with Gasteiger partial charge in [-0.3, -0.25) is 14.4 Å². The van der Waals surface area contributed by atoms with Crippen molar-refractivity contribution in [2.24, 2.45) is 11.8 Å². The Bertz CT molecular complexity index is 732. The third-order valence-electron chi connectivity index (χ3n) is 7.01. The molecule has 2 N–H and O–H groups in total. The number of amides is 2. The number of carboxylic acids is 1. The van der Waals surface area contributed by atoms with Gasteiger partial charge in [0, 0.05) is 25.2 Å². The summed E-state index contributed by atoms with van der Waals surface area (Å²) in [5.41, 5.74) is -1.56. The molecule has 2 bridgehead atoms. The number of rotatable bonds is 10. The summed E-state index contributed by atoms with van der Waals surface area (Å²) < 4.78 is 6.23. The van der Waals surface area contributed by atoms with E-state index >= 15 is 0 Å². The molecule has 0 aromatic rings. The zero-order chi connectivity index (χ0) is 23.0. The summed E-state index contributed by atoms with van der Waals surface area (Å²) in [6.07, 6.45) is 5.27. The lowest BCUT2D eigenvalue weighted by Crippen LogP contribution is -2.59. The summed E-state index contributed by atoms with van der Waals surface area (Å²) >= 11 is 0. The van der Waals surface area contributed by atoms with Crippen LogP contribution in [0.4, 0.5) is 0 Å². The van der Waals surface area contributed by atoms with Crippen molar-refractivity contribution in [1.29, 1.82) is 0 Å². The Labute approximate surface area is 184 Å². The highest BCUT2D eigenvalue weighted by molar-refractivity contribution is 5.98. The standard InChI is InChI=1S/C23H36N2O6/c1-5-12-25(22(2,3)4)20(28)18-23-11-10-15(31-23)16(21(29)30)17(23)19(27)24(18)13-8-6-7-9-14-26/h5,15-18,26H,1,6-14H2,2-4H3,(H,29,30)/t15-,16+,17+,18-,23+/m0/s1. The number of hydrogen-bond donors (Lipinski definition) is 2. The van der Waals surface area contributed by atoms with E-state index in [-0.39, 0.29) is 18.4 Å². The molecule has 8 nitrogen and oxygen atoms in total. The van der Waals surface area contributed by atoms with Crippen molar-refractivity contribution in [3.8, 4) is 0 Å². The zero-order valence-electron chi connectivity index (χ0n) is 18.9. The topological polar surface area (TPSA) is 107 Å². The predicted molar refractivity (Wildman–Crippen MR) is 114 cm³/mol. The first-order valence-corrected chi connectivity index (χ1v) is 11.3. The maximum absolute atomic E-state index is 13.9. The minimum absolute atomic E-state index is 0.132. The molecule has 3 saturated heterocycles. The van der Waals surface area contributed by atoms with Crippen LogP contribution in [0.15, 0.2) is 12.7 Å². The molecule has 0 radical (unpaired) electrons. The average molecular weight is 437 g/mol. The fourth-order valence-electron chi connectivity index (χ4n) is 5.67. The van der Waals surface area contributed by atoms with Crippen molar-refractivity contribution >= 4 is 17.8 Å². The Kier molecular flexibility index (Phi) is 6.81. The first kappa shape index (κ1) is 23.7. The summed E-state index contributed by atoms with van der Waals surface area (Å²) in [4.78, 5) is 42.7. The minimum atomic E-state index is -1.07. The number of unbranched alkanes of at least 4 members (excludes halogenated alkanes) is 3. The Morgan fingerprint density at radius 2 is 1.97 bits per heavy atom. The molecule has 3 aliphatic heterocycles. The van der Waals surface area contributed by atoms with Gasteiger partial charge in [0.1, 0.15) is 11.6 Å². The second-order valence-electron chi connectivity index (χ2n) is 9.97. The molecule has 3 aliphatic rings. The molecule has 0 aliphatic carbocycles. The summed E-state index contributed by atoms with van der Waals surface area (Å²) in [6, 6.07) is -0.823. The number of carbonyl (C=O) groups is 3. The second-order valence-corrected chi connectivity index (χ2v) is 9.97. The average Bonchev–Trinajstić information content (AvgIpc) is 3.32. The Morgan fingerprint density at radius 1 is 1.29 bits per heavy atom. The van der Waals surface area contributed by atoms with Crippen LogP contribution in [0.2, 0.25) is 0 Å². The number of aliphatic hydroxyl groups excluding tert-OH is 1. The number of carbonyl (C=O) groups excluding carboxylic acids is 2. The van der Waals surface area contributed by atoms with Crippen molar-refractivity contribution in [1.82, 2.24) is 9.80 Å². The third-order valence-corrected chi connectivity index (χ3v) is 7.01. The highest BCUT2D eigenvalue weighted by Crippen LogP contribution is 2.58. The lowest BCUT2D eigenvalue weighted by Gasteiger charge is -2.42. The van der Waals surface area contributed by atoms with Crippen LogP contribution in [-0.2, 0) is 19.1 Å². The highest BCUT2D eigenvalue weighted by atomic mass is 16.5. The van der Waals surface area contributed by atoms with Crippen molar-refractivity contribution in [2.75, 3.05) is 19.7 Å². The van der Waals surface area contributed by atoms with Gasteiger partial charge in [0.25, 0.3) is 0 Å². The summed E-state index contributed by atoms with van der Waals surface area (Å²) in [5.74, 6) is -3.23. The maximum atomic E-state index is 13.9. The van der Waals surface area contributed by atoms with E-state index in [2.05, 4.69) is 6.58 Å². The van der Waals surface area contributed by atoms with E-state index in [1.54, 1.807) is 15.9 Å². The van der Waals surface area contributed by atoms with E-state index in [0.29, 0.717) is 38.8 Å². The number of aliphatic hydroxyl groups is 1. The number of ether oxygens (including phenoxy) is 1. The van der Waals surface area contributed by atoms with Crippen LogP contribution in [0.1, 0.15) is 59.3 Å². The molecular formula is C23H36N2O6. The number of fused-ring (bicyclic) bond motifs is 1. The van der Waals surface area contributed by atoms with Gasteiger partial charge in [0.15, 0.2) is 0 Å². The van der Waals surface area contributed by atoms with E-state index in [9.17, 15) is 19.5 Å². The second kappa shape index (κ2) is 8.90. The number of aliphatic carboxylic acids is 1. The van der Waals surface area contributed by atoms with E-state index in [4.69, 9.17) is 9.84 Å². The van der Waals surface area contributed by atoms with E-state index in [1.165, 1.54) is 0 Å². The summed E-state index contributed by atoms with van der Waals surface area (Å²) in [6.45, 7) is 10.4. The van der Waals surface area contributed by atoms with Gasteiger partial charge in [-0.05, 0) is 46.5 Å². The lowest BCUT2D eigenvalue weighted by atomic mass is 9.70. The quantitative estimate of drug-likeness (QED) is 0.400. The third kappa shape index (κ3) is 4.00. The molecule has 3 rings (SSSR count). The Hall–Kier alpha value is -1.93. The Morgan fingerprint density at radius 3 is 2.55 bits per heavy atom. The molecular weight excluding hydrogens is 400 g/mol. The molecule has 3 fully saturated rings. The lowest BCUT2D eigenvalue weighted by molar-refractivity contribution is -0.152. The molecule has 5 atom stereocenters. The van der Waals surface area contributed by atoms with Gasteiger partial charge in [0.2, 0.25) is 11.8 Å². The molecule has 0 unspecified atom stereocenters. The molecule has 0 aromatic heterocycles. The predicted octanol–water partition coefficient (Wildman–Crippen LogP) is 1.81. The van der Waals surface area contributed by atoms with Crippen LogP contribution in [-0.4, -0.2) is 80.8 Å². The number of carboxylic acid groups (broad SMARTS) is 1. The van der Waals surface area contributed by atoms with E-state index in [1.807, 2.05) is 20.8 Å². The van der Waals surface area contributed by atoms with Gasteiger partial charge in [0.05, 0.1) is 17.9 Å². The van der Waals surface area contributed by atoms with Crippen LogP contribution in [0, 0.1) is 11.8 Å². The molecule has 174 valence electrons. The molecule has 2 amide bonds. The molecule has 3 heterocycles. The smallest absolute Gasteiger partial charge is 0.310 e. The SMILES string of the molecule is C=CCN(C(=O)[C@@H]1N(CCCCCCO)C(=O)[C@H]2[C@H](C(=O)O)[C@@H]3CC[C@]12O3)C(C)(C)C. The van der Waals surface area contributed by atoms with Crippen LogP contribution in [0.3, 0.4) is 0 Å². The normalized spacial score (nSPS) is 31.7. The number of nitrogens with zero attached hydrogens (tertiary/aromatic N) is 2. The number of likely N-dealkylation sites (tertiary alicyclic amines) is 1. The van der Waals surface area contributed by atoms with Crippen LogP contribution in [0.5, 0.6) is 0 Å². The Balaban J connectivity index is 1.95. The van der Waals surface area contributed by atoms with Crippen LogP contribution in [0.25, 0.3) is 0 Å². The van der Waals surface area contributed by atoms with Crippen molar-refractivity contribution in [3.63, 3.8) is 0 Å². The van der Waals surface area contributed by atoms with E-state index < -0.39 is 41.1 Å². The monoisotopic (exact) mass is 436 g/mol. The maximum Gasteiger partial charge on any atom is 0.310 e. The van der Waals surface area contributed by atoms with Gasteiger partial charge >= 0.3 is 5.97 Å². The molecule has 31 heavy (non-hydrogen) atoms. The highest BCUT2D eigenvalue weighted by Gasteiger charge is 2.74. The van der Waals surface area contributed by atoms with Gasteiger partial charge in [-0.25, -0.2) is 0 Å². The van der Waals surface area contributed by atoms with Gasteiger partial charge < -0.3 is 24.7 Å². The largest absolute Gasteiger partial charge is 0.481 e. The summed E-state index contributed by atoms with van der Waals surface area (Å²) in [5, 5.41) is 18.8. The number of hydrogen-bond acceptors (Lipinski definition) is 5. The van der Waals surface area contributed by atoms with Crippen LogP contribution >= 0.6 is 0 Å². The van der Waals surface area contributed by atoms with Crippen molar-refractivity contribution in [3.05, 3.63) is 12.7 Å². The summed E-state index contributed by atoms with van der Waals surface area (Å²) in [7, 11) is 0. The molecule has 0 aromatic carbocycles. The first-order chi connectivity index (χ1) is 14.6. The fraction of sp³-hybridized carbons (Fsp3) is 0.783. The van der Waals surface area contributed by atoms with E-state index in [0.717, 1.165) is 12.8 Å². The first-order valence-electron chi connectivity index (χ1n) is 11.3. The fourth-order valence-corrected chi connectivity index (χ4v) is 5.67. The molecule has 0 saturated carbocycles. The van der Waals surface area contributed by atoms with Crippen LogP contribution < -0.4 is 0 Å². The van der Waals surface area contributed by atoms with Gasteiger partial charge in [-0.2, -0.15) is 0 Å². The molecule has 8 heteroatoms. The van der Waals surface area contributed by atoms with Crippen molar-refractivity contribution < 1.29 is 29.3 Å².